The second-order valence-corrected chi connectivity index (χ2v) is 5.39. The minimum absolute atomic E-state index is 0.183. The number of nitrogens with zero attached hydrogens (tertiary/aromatic N) is 3. The van der Waals surface area contributed by atoms with Crippen LogP contribution in [0, 0.1) is 18.3 Å². The number of hydrogen-bond donors (Lipinski definition) is 1. The molecule has 1 heterocycles. The van der Waals surface area contributed by atoms with Gasteiger partial charge < -0.3 is 5.32 Å². The SMILES string of the molecule is Cc1c(C(=O)NCc2cccc(C#N)c2)cnn1-c1ccccc1. The number of hydrogen-bond acceptors (Lipinski definition) is 3. The summed E-state index contributed by atoms with van der Waals surface area (Å²) in [7, 11) is 0. The molecule has 0 saturated carbocycles. The van der Waals surface area contributed by atoms with Crippen LogP contribution in [0.5, 0.6) is 0 Å². The van der Waals surface area contributed by atoms with Crippen LogP contribution in [-0.4, -0.2) is 15.7 Å². The number of aromatic nitrogens is 2. The maximum absolute atomic E-state index is 12.4. The summed E-state index contributed by atoms with van der Waals surface area (Å²) in [4.78, 5) is 12.4. The van der Waals surface area contributed by atoms with Crippen molar-refractivity contribution in [2.75, 3.05) is 0 Å². The van der Waals surface area contributed by atoms with Gasteiger partial charge in [0.2, 0.25) is 0 Å². The number of amides is 1. The van der Waals surface area contributed by atoms with E-state index in [1.807, 2.05) is 43.3 Å². The Labute approximate surface area is 140 Å². The summed E-state index contributed by atoms with van der Waals surface area (Å²) < 4.78 is 1.74. The van der Waals surface area contributed by atoms with E-state index >= 15 is 0 Å². The van der Waals surface area contributed by atoms with Crippen molar-refractivity contribution in [1.29, 1.82) is 5.26 Å². The van der Waals surface area contributed by atoms with E-state index in [9.17, 15) is 4.79 Å². The zero-order chi connectivity index (χ0) is 16.9. The number of para-hydroxylation sites is 1. The molecule has 24 heavy (non-hydrogen) atoms. The second kappa shape index (κ2) is 6.80. The summed E-state index contributed by atoms with van der Waals surface area (Å²) in [5.74, 6) is -0.183. The lowest BCUT2D eigenvalue weighted by atomic mass is 10.1. The van der Waals surface area contributed by atoms with Crippen LogP contribution in [0.1, 0.15) is 27.2 Å². The van der Waals surface area contributed by atoms with Crippen molar-refractivity contribution in [2.24, 2.45) is 0 Å². The molecule has 0 radical (unpaired) electrons. The molecule has 3 aromatic rings. The number of nitrogens with one attached hydrogen (secondary N) is 1. The van der Waals surface area contributed by atoms with Crippen molar-refractivity contribution in [1.82, 2.24) is 15.1 Å². The van der Waals surface area contributed by atoms with E-state index < -0.39 is 0 Å². The Morgan fingerprint density at radius 3 is 2.75 bits per heavy atom. The van der Waals surface area contributed by atoms with Crippen LogP contribution in [0.2, 0.25) is 0 Å². The number of carbonyl (C=O) groups is 1. The Hall–Kier alpha value is -3.39. The smallest absolute Gasteiger partial charge is 0.255 e. The van der Waals surface area contributed by atoms with E-state index in [-0.39, 0.29) is 5.91 Å². The molecule has 1 N–H and O–H groups in total. The fourth-order valence-corrected chi connectivity index (χ4v) is 2.49. The van der Waals surface area contributed by atoms with E-state index in [0.717, 1.165) is 16.9 Å². The molecule has 2 aromatic carbocycles. The summed E-state index contributed by atoms with van der Waals surface area (Å²) in [5, 5.41) is 16.1. The van der Waals surface area contributed by atoms with Gasteiger partial charge in [0.1, 0.15) is 0 Å². The molecular weight excluding hydrogens is 300 g/mol. The van der Waals surface area contributed by atoms with Gasteiger partial charge >= 0.3 is 0 Å². The highest BCUT2D eigenvalue weighted by molar-refractivity contribution is 5.95. The van der Waals surface area contributed by atoms with Crippen LogP contribution in [0.15, 0.2) is 60.8 Å². The van der Waals surface area contributed by atoms with E-state index in [2.05, 4.69) is 16.5 Å². The predicted molar refractivity (Wildman–Crippen MR) is 90.6 cm³/mol. The van der Waals surface area contributed by atoms with Gasteiger partial charge in [-0.1, -0.05) is 30.3 Å². The highest BCUT2D eigenvalue weighted by atomic mass is 16.1. The molecule has 5 heteroatoms. The topological polar surface area (TPSA) is 70.7 Å². The van der Waals surface area contributed by atoms with Crippen LogP contribution >= 0.6 is 0 Å². The second-order valence-electron chi connectivity index (χ2n) is 5.39. The van der Waals surface area contributed by atoms with Gasteiger partial charge in [-0.05, 0) is 36.8 Å². The lowest BCUT2D eigenvalue weighted by Gasteiger charge is -2.07. The van der Waals surface area contributed by atoms with Crippen LogP contribution in [-0.2, 0) is 6.54 Å². The van der Waals surface area contributed by atoms with Gasteiger partial charge in [-0.2, -0.15) is 10.4 Å². The van der Waals surface area contributed by atoms with Gasteiger partial charge in [-0.25, -0.2) is 4.68 Å². The average Bonchev–Trinajstić information content (AvgIpc) is 3.02. The molecule has 3 rings (SSSR count). The normalized spacial score (nSPS) is 10.2. The highest BCUT2D eigenvalue weighted by Gasteiger charge is 2.14. The van der Waals surface area contributed by atoms with Crippen LogP contribution < -0.4 is 5.32 Å². The van der Waals surface area contributed by atoms with Crippen molar-refractivity contribution < 1.29 is 4.79 Å². The van der Waals surface area contributed by atoms with E-state index in [1.54, 1.807) is 29.1 Å². The summed E-state index contributed by atoms with van der Waals surface area (Å²) in [5.41, 5.74) is 3.70. The summed E-state index contributed by atoms with van der Waals surface area (Å²) in [6.45, 7) is 2.23. The van der Waals surface area contributed by atoms with E-state index in [4.69, 9.17) is 5.26 Å². The first-order valence-electron chi connectivity index (χ1n) is 7.56. The third-order valence-electron chi connectivity index (χ3n) is 3.76. The quantitative estimate of drug-likeness (QED) is 0.804. The van der Waals surface area contributed by atoms with Gasteiger partial charge in [0.05, 0.1) is 34.8 Å². The number of rotatable bonds is 4. The molecule has 0 aliphatic heterocycles. The van der Waals surface area contributed by atoms with Crippen LogP contribution in [0.25, 0.3) is 5.69 Å². The number of carbonyl (C=O) groups excluding carboxylic acids is 1. The Kier molecular flexibility index (Phi) is 4.39. The maximum atomic E-state index is 12.4. The third kappa shape index (κ3) is 3.18. The molecule has 118 valence electrons. The molecule has 0 aliphatic rings. The monoisotopic (exact) mass is 316 g/mol. The highest BCUT2D eigenvalue weighted by Crippen LogP contribution is 2.14. The molecule has 0 unspecified atom stereocenters. The summed E-state index contributed by atoms with van der Waals surface area (Å²) >= 11 is 0. The first-order chi connectivity index (χ1) is 11.7. The maximum Gasteiger partial charge on any atom is 0.255 e. The molecule has 0 atom stereocenters. The molecular formula is C19H16N4O. The van der Waals surface area contributed by atoms with E-state index in [1.165, 1.54) is 0 Å². The number of nitriles is 1. The summed E-state index contributed by atoms with van der Waals surface area (Å²) in [6, 6.07) is 18.9. The van der Waals surface area contributed by atoms with Gasteiger partial charge in [0.25, 0.3) is 5.91 Å². The zero-order valence-corrected chi connectivity index (χ0v) is 13.2. The Morgan fingerprint density at radius 1 is 1.21 bits per heavy atom. The van der Waals surface area contributed by atoms with Crippen molar-refractivity contribution in [2.45, 2.75) is 13.5 Å². The standard InChI is InChI=1S/C19H16N4O/c1-14-18(13-22-23(14)17-8-3-2-4-9-17)19(24)21-12-16-7-5-6-15(10-16)11-20/h2-10,13H,12H2,1H3,(H,21,24). The Morgan fingerprint density at radius 2 is 2.00 bits per heavy atom. The van der Waals surface area contributed by atoms with Gasteiger partial charge in [-0.3, -0.25) is 4.79 Å². The van der Waals surface area contributed by atoms with Gasteiger partial charge in [-0.15, -0.1) is 0 Å². The number of benzene rings is 2. The fraction of sp³-hybridized carbons (Fsp3) is 0.105. The third-order valence-corrected chi connectivity index (χ3v) is 3.76. The Balaban J connectivity index is 1.74. The van der Waals surface area contributed by atoms with Gasteiger partial charge in [0, 0.05) is 6.54 Å². The van der Waals surface area contributed by atoms with E-state index in [0.29, 0.717) is 17.7 Å². The predicted octanol–water partition coefficient (Wildman–Crippen LogP) is 2.98. The molecule has 0 bridgehead atoms. The largest absolute Gasteiger partial charge is 0.348 e. The van der Waals surface area contributed by atoms with Crippen molar-refractivity contribution in [3.8, 4) is 11.8 Å². The van der Waals surface area contributed by atoms with Crippen molar-refractivity contribution >= 4 is 5.91 Å². The first-order valence-corrected chi connectivity index (χ1v) is 7.56. The molecule has 1 amide bonds. The van der Waals surface area contributed by atoms with Crippen LogP contribution in [0.4, 0.5) is 0 Å². The molecule has 0 saturated heterocycles. The average molecular weight is 316 g/mol. The zero-order valence-electron chi connectivity index (χ0n) is 13.2. The first kappa shape index (κ1) is 15.5. The summed E-state index contributed by atoms with van der Waals surface area (Å²) in [6.07, 6.45) is 1.57. The lowest BCUT2D eigenvalue weighted by Crippen LogP contribution is -2.23. The van der Waals surface area contributed by atoms with Crippen molar-refractivity contribution in [3.63, 3.8) is 0 Å². The minimum Gasteiger partial charge on any atom is -0.348 e. The molecule has 5 nitrogen and oxygen atoms in total. The fourth-order valence-electron chi connectivity index (χ4n) is 2.49. The van der Waals surface area contributed by atoms with Crippen molar-refractivity contribution in [3.05, 3.63) is 83.2 Å². The minimum atomic E-state index is -0.183. The molecule has 0 spiro atoms. The molecule has 0 fully saturated rings. The van der Waals surface area contributed by atoms with Gasteiger partial charge in [0.15, 0.2) is 0 Å². The molecule has 0 aliphatic carbocycles. The lowest BCUT2D eigenvalue weighted by molar-refractivity contribution is 0.0950. The molecule has 1 aromatic heterocycles. The Bertz CT molecular complexity index is 907. The van der Waals surface area contributed by atoms with Crippen LogP contribution in [0.3, 0.4) is 0 Å².